The standard InChI is InChI=1S/C26H24N4O4/c1-32-21-11-9-20(10-12-21)28-26(31)17-34-23-13-7-18(15-24(23)33-2)16-27-30-25-14-8-19-5-3-4-6-22(19)29-25/h3-16H,17H2,1-2H3,(H,28,31)(H,29,30)/b27-16-. The smallest absolute Gasteiger partial charge is 0.262 e. The summed E-state index contributed by atoms with van der Waals surface area (Å²) in [5.41, 5.74) is 5.27. The van der Waals surface area contributed by atoms with Gasteiger partial charge < -0.3 is 19.5 Å². The van der Waals surface area contributed by atoms with Gasteiger partial charge in [-0.1, -0.05) is 18.2 Å². The number of benzene rings is 3. The van der Waals surface area contributed by atoms with Crippen LogP contribution in [0.15, 0.2) is 84.0 Å². The van der Waals surface area contributed by atoms with E-state index in [-0.39, 0.29) is 12.5 Å². The maximum absolute atomic E-state index is 12.2. The Hall–Kier alpha value is -4.59. The van der Waals surface area contributed by atoms with Gasteiger partial charge in [-0.2, -0.15) is 5.10 Å². The molecule has 0 radical (unpaired) electrons. The number of hydrogen-bond donors (Lipinski definition) is 2. The number of nitrogens with one attached hydrogen (secondary N) is 2. The van der Waals surface area contributed by atoms with E-state index in [9.17, 15) is 4.79 Å². The molecular weight excluding hydrogens is 432 g/mol. The second kappa shape index (κ2) is 10.8. The van der Waals surface area contributed by atoms with E-state index < -0.39 is 0 Å². The number of nitrogens with zero attached hydrogens (tertiary/aromatic N) is 2. The molecule has 0 aliphatic heterocycles. The Bertz CT molecular complexity index is 1310. The molecule has 1 amide bonds. The van der Waals surface area contributed by atoms with Crippen LogP contribution < -0.4 is 25.0 Å². The van der Waals surface area contributed by atoms with Crippen LogP contribution in [0.1, 0.15) is 5.56 Å². The summed E-state index contributed by atoms with van der Waals surface area (Å²) in [7, 11) is 3.13. The molecule has 0 spiro atoms. The van der Waals surface area contributed by atoms with Gasteiger partial charge in [0.1, 0.15) is 11.6 Å². The molecule has 0 bridgehead atoms. The maximum Gasteiger partial charge on any atom is 0.262 e. The third-order valence-corrected chi connectivity index (χ3v) is 4.91. The number of aromatic nitrogens is 1. The number of hydrazone groups is 1. The molecule has 1 heterocycles. The number of rotatable bonds is 9. The highest BCUT2D eigenvalue weighted by molar-refractivity contribution is 5.92. The van der Waals surface area contributed by atoms with Gasteiger partial charge in [-0.05, 0) is 66.2 Å². The molecule has 2 N–H and O–H groups in total. The topological polar surface area (TPSA) is 94.1 Å². The van der Waals surface area contributed by atoms with Crippen molar-refractivity contribution in [2.45, 2.75) is 0 Å². The molecule has 0 unspecified atom stereocenters. The lowest BCUT2D eigenvalue weighted by Gasteiger charge is -2.11. The van der Waals surface area contributed by atoms with Crippen molar-refractivity contribution in [1.29, 1.82) is 0 Å². The minimum atomic E-state index is -0.287. The molecule has 0 aliphatic rings. The van der Waals surface area contributed by atoms with Crippen LogP contribution in [0.5, 0.6) is 17.2 Å². The summed E-state index contributed by atoms with van der Waals surface area (Å²) in [6.45, 7) is -0.162. The first-order valence-corrected chi connectivity index (χ1v) is 10.5. The lowest BCUT2D eigenvalue weighted by molar-refractivity contribution is -0.118. The van der Waals surface area contributed by atoms with Gasteiger partial charge in [0, 0.05) is 11.1 Å². The van der Waals surface area contributed by atoms with E-state index in [0.717, 1.165) is 16.5 Å². The summed E-state index contributed by atoms with van der Waals surface area (Å²) in [4.78, 5) is 16.7. The lowest BCUT2D eigenvalue weighted by atomic mass is 10.2. The molecule has 4 rings (SSSR count). The zero-order valence-corrected chi connectivity index (χ0v) is 18.8. The largest absolute Gasteiger partial charge is 0.497 e. The highest BCUT2D eigenvalue weighted by atomic mass is 16.5. The van der Waals surface area contributed by atoms with Gasteiger partial charge in [-0.3, -0.25) is 10.2 Å². The first-order chi connectivity index (χ1) is 16.6. The van der Waals surface area contributed by atoms with E-state index >= 15 is 0 Å². The summed E-state index contributed by atoms with van der Waals surface area (Å²) in [6.07, 6.45) is 1.65. The van der Waals surface area contributed by atoms with Crippen LogP contribution in [0, 0.1) is 0 Å². The number of carbonyl (C=O) groups excluding carboxylic acids is 1. The Labute approximate surface area is 197 Å². The number of hydrogen-bond acceptors (Lipinski definition) is 7. The van der Waals surface area contributed by atoms with E-state index in [1.54, 1.807) is 49.7 Å². The van der Waals surface area contributed by atoms with Crippen LogP contribution in [0.4, 0.5) is 11.5 Å². The van der Waals surface area contributed by atoms with Crippen molar-refractivity contribution in [2.75, 3.05) is 31.6 Å². The predicted molar refractivity (Wildman–Crippen MR) is 133 cm³/mol. The Morgan fingerprint density at radius 1 is 0.941 bits per heavy atom. The van der Waals surface area contributed by atoms with Crippen LogP contribution in [0.3, 0.4) is 0 Å². The molecule has 1 aromatic heterocycles. The summed E-state index contributed by atoms with van der Waals surface area (Å²) >= 11 is 0. The lowest BCUT2D eigenvalue weighted by Crippen LogP contribution is -2.20. The molecule has 8 heteroatoms. The number of methoxy groups -OCH3 is 2. The number of carbonyl (C=O) groups is 1. The van der Waals surface area contributed by atoms with Crippen molar-refractivity contribution in [2.24, 2.45) is 5.10 Å². The Morgan fingerprint density at radius 3 is 2.56 bits per heavy atom. The monoisotopic (exact) mass is 456 g/mol. The average Bonchev–Trinajstić information content (AvgIpc) is 2.88. The molecule has 172 valence electrons. The van der Waals surface area contributed by atoms with Crippen molar-refractivity contribution in [3.8, 4) is 17.2 Å². The van der Waals surface area contributed by atoms with E-state index in [2.05, 4.69) is 20.8 Å². The number of para-hydroxylation sites is 1. The highest BCUT2D eigenvalue weighted by Gasteiger charge is 2.09. The number of pyridine rings is 1. The van der Waals surface area contributed by atoms with Crippen LogP contribution in [0.2, 0.25) is 0 Å². The highest BCUT2D eigenvalue weighted by Crippen LogP contribution is 2.27. The summed E-state index contributed by atoms with van der Waals surface area (Å²) < 4.78 is 16.2. The molecule has 4 aromatic rings. The SMILES string of the molecule is COc1ccc(NC(=O)COc2ccc(/C=N\Nc3ccc4ccccc4n3)cc2OC)cc1. The quantitative estimate of drug-likeness (QED) is 0.280. The van der Waals surface area contributed by atoms with E-state index in [1.807, 2.05) is 42.5 Å². The van der Waals surface area contributed by atoms with Gasteiger partial charge in [0.25, 0.3) is 5.91 Å². The molecule has 0 fully saturated rings. The van der Waals surface area contributed by atoms with Gasteiger partial charge in [-0.25, -0.2) is 4.98 Å². The molecule has 0 atom stereocenters. The van der Waals surface area contributed by atoms with Crippen LogP contribution in [-0.4, -0.2) is 37.9 Å². The molecule has 34 heavy (non-hydrogen) atoms. The number of amides is 1. The molecule has 0 saturated carbocycles. The summed E-state index contributed by atoms with van der Waals surface area (Å²) in [6, 6.07) is 24.1. The Kier molecular flexibility index (Phi) is 7.19. The third-order valence-electron chi connectivity index (χ3n) is 4.91. The molecule has 3 aromatic carbocycles. The zero-order valence-electron chi connectivity index (χ0n) is 18.8. The van der Waals surface area contributed by atoms with E-state index in [0.29, 0.717) is 28.8 Å². The minimum Gasteiger partial charge on any atom is -0.497 e. The van der Waals surface area contributed by atoms with Gasteiger partial charge in [-0.15, -0.1) is 0 Å². The van der Waals surface area contributed by atoms with Gasteiger partial charge in [0.15, 0.2) is 18.1 Å². The van der Waals surface area contributed by atoms with Crippen molar-refractivity contribution < 1.29 is 19.0 Å². The van der Waals surface area contributed by atoms with Crippen molar-refractivity contribution >= 4 is 34.5 Å². The Morgan fingerprint density at radius 2 is 1.76 bits per heavy atom. The molecular formula is C26H24N4O4. The predicted octanol–water partition coefficient (Wildman–Crippen LogP) is 4.72. The average molecular weight is 457 g/mol. The van der Waals surface area contributed by atoms with Crippen LogP contribution >= 0.6 is 0 Å². The van der Waals surface area contributed by atoms with Crippen molar-refractivity contribution in [3.05, 3.63) is 84.4 Å². The molecule has 8 nitrogen and oxygen atoms in total. The van der Waals surface area contributed by atoms with E-state index in [4.69, 9.17) is 14.2 Å². The Balaban J connectivity index is 1.34. The van der Waals surface area contributed by atoms with Crippen LogP contribution in [-0.2, 0) is 4.79 Å². The van der Waals surface area contributed by atoms with Gasteiger partial charge in [0.2, 0.25) is 0 Å². The van der Waals surface area contributed by atoms with Gasteiger partial charge in [0.05, 0.1) is 26.0 Å². The fourth-order valence-electron chi connectivity index (χ4n) is 3.20. The van der Waals surface area contributed by atoms with E-state index in [1.165, 1.54) is 7.11 Å². The minimum absolute atomic E-state index is 0.162. The molecule has 0 saturated heterocycles. The number of fused-ring (bicyclic) bond motifs is 1. The number of ether oxygens (including phenoxy) is 3. The fraction of sp³-hybridized carbons (Fsp3) is 0.115. The van der Waals surface area contributed by atoms with Crippen LogP contribution in [0.25, 0.3) is 10.9 Å². The summed E-state index contributed by atoms with van der Waals surface area (Å²) in [5.74, 6) is 2.01. The van der Waals surface area contributed by atoms with Crippen molar-refractivity contribution in [3.63, 3.8) is 0 Å². The second-order valence-electron chi connectivity index (χ2n) is 7.23. The maximum atomic E-state index is 12.2. The zero-order chi connectivity index (χ0) is 23.8. The fourth-order valence-corrected chi connectivity index (χ4v) is 3.20. The van der Waals surface area contributed by atoms with Gasteiger partial charge >= 0.3 is 0 Å². The third kappa shape index (κ3) is 5.80. The first-order valence-electron chi connectivity index (χ1n) is 10.5. The number of anilines is 2. The normalized spacial score (nSPS) is 10.8. The molecule has 0 aliphatic carbocycles. The second-order valence-corrected chi connectivity index (χ2v) is 7.23. The van der Waals surface area contributed by atoms with Crippen molar-refractivity contribution in [1.82, 2.24) is 4.98 Å². The summed E-state index contributed by atoms with van der Waals surface area (Å²) in [5, 5.41) is 8.09. The first kappa shape index (κ1) is 22.6.